The molecule has 7 heteroatoms. The summed E-state index contributed by atoms with van der Waals surface area (Å²) in [7, 11) is 1.95. The van der Waals surface area contributed by atoms with Crippen LogP contribution in [-0.2, 0) is 18.4 Å². The molecule has 3 aromatic carbocycles. The number of amides is 2. The standard InChI is InChI=1S/C27H25ClFN3O2/c1-16(2)26(33)30-15-17-4-10-23(28)22(12-17)27(34)31-21-9-11-24-19(13-21)14-25(32(24)3)18-5-7-20(29)8-6-18/h4-14,16H,15H2,1-3H3,(H,30,33)(H,31,34). The van der Waals surface area contributed by atoms with Crippen molar-refractivity contribution in [2.45, 2.75) is 20.4 Å². The first-order valence-corrected chi connectivity index (χ1v) is 11.3. The van der Waals surface area contributed by atoms with Crippen molar-refractivity contribution in [3.63, 3.8) is 0 Å². The maximum absolute atomic E-state index is 13.3. The van der Waals surface area contributed by atoms with Crippen molar-refractivity contribution < 1.29 is 14.0 Å². The summed E-state index contributed by atoms with van der Waals surface area (Å²) in [5, 5.41) is 7.02. The van der Waals surface area contributed by atoms with Gasteiger partial charge in [-0.3, -0.25) is 9.59 Å². The van der Waals surface area contributed by atoms with E-state index in [-0.39, 0.29) is 23.5 Å². The molecule has 0 aliphatic heterocycles. The van der Waals surface area contributed by atoms with Gasteiger partial charge in [-0.1, -0.05) is 31.5 Å². The second-order valence-corrected chi connectivity index (χ2v) is 8.92. The predicted molar refractivity (Wildman–Crippen MR) is 134 cm³/mol. The third-order valence-electron chi connectivity index (χ3n) is 5.71. The van der Waals surface area contributed by atoms with Gasteiger partial charge >= 0.3 is 0 Å². The highest BCUT2D eigenvalue weighted by Crippen LogP contribution is 2.29. The Balaban J connectivity index is 1.55. The van der Waals surface area contributed by atoms with Gasteiger partial charge in [0.2, 0.25) is 5.91 Å². The summed E-state index contributed by atoms with van der Waals surface area (Å²) in [6.45, 7) is 3.96. The molecule has 174 valence electrons. The molecule has 2 N–H and O–H groups in total. The Labute approximate surface area is 202 Å². The van der Waals surface area contributed by atoms with Crippen molar-refractivity contribution in [1.82, 2.24) is 9.88 Å². The fraction of sp³-hybridized carbons (Fsp3) is 0.185. The molecule has 34 heavy (non-hydrogen) atoms. The molecule has 5 nitrogen and oxygen atoms in total. The quantitative estimate of drug-likeness (QED) is 0.349. The molecule has 0 saturated heterocycles. The summed E-state index contributed by atoms with van der Waals surface area (Å²) in [5.41, 5.74) is 4.57. The van der Waals surface area contributed by atoms with Crippen LogP contribution in [0.4, 0.5) is 10.1 Å². The van der Waals surface area contributed by atoms with Crippen LogP contribution in [0.2, 0.25) is 5.02 Å². The molecule has 0 aliphatic rings. The first-order chi connectivity index (χ1) is 16.2. The number of nitrogens with one attached hydrogen (secondary N) is 2. The summed E-state index contributed by atoms with van der Waals surface area (Å²) in [6.07, 6.45) is 0. The Morgan fingerprint density at radius 2 is 1.74 bits per heavy atom. The molecule has 0 bridgehead atoms. The van der Waals surface area contributed by atoms with E-state index in [0.717, 1.165) is 27.7 Å². The zero-order valence-electron chi connectivity index (χ0n) is 19.2. The molecule has 0 spiro atoms. The van der Waals surface area contributed by atoms with E-state index in [2.05, 4.69) is 10.6 Å². The Kier molecular flexibility index (Phi) is 6.70. The van der Waals surface area contributed by atoms with E-state index in [0.29, 0.717) is 22.8 Å². The first kappa shape index (κ1) is 23.5. The number of nitrogens with zero attached hydrogens (tertiary/aromatic N) is 1. The zero-order chi connectivity index (χ0) is 24.4. The molecule has 1 aromatic heterocycles. The lowest BCUT2D eigenvalue weighted by Crippen LogP contribution is -2.27. The smallest absolute Gasteiger partial charge is 0.257 e. The third-order valence-corrected chi connectivity index (χ3v) is 6.04. The number of aromatic nitrogens is 1. The van der Waals surface area contributed by atoms with Gasteiger partial charge in [0.1, 0.15) is 5.82 Å². The minimum absolute atomic E-state index is 0.0582. The molecule has 0 saturated carbocycles. The average molecular weight is 478 g/mol. The Morgan fingerprint density at radius 1 is 1.00 bits per heavy atom. The van der Waals surface area contributed by atoms with Gasteiger partial charge in [0.25, 0.3) is 5.91 Å². The number of benzene rings is 3. The molecule has 4 rings (SSSR count). The molecule has 2 amide bonds. The van der Waals surface area contributed by atoms with Crippen molar-refractivity contribution in [2.75, 3.05) is 5.32 Å². The minimum Gasteiger partial charge on any atom is -0.352 e. The van der Waals surface area contributed by atoms with Crippen LogP contribution in [0.1, 0.15) is 29.8 Å². The highest BCUT2D eigenvalue weighted by atomic mass is 35.5. The van der Waals surface area contributed by atoms with Crippen LogP contribution in [-0.4, -0.2) is 16.4 Å². The Bertz CT molecular complexity index is 1380. The van der Waals surface area contributed by atoms with E-state index >= 15 is 0 Å². The van der Waals surface area contributed by atoms with Crippen molar-refractivity contribution in [1.29, 1.82) is 0 Å². The van der Waals surface area contributed by atoms with Crippen LogP contribution in [0.15, 0.2) is 66.7 Å². The monoisotopic (exact) mass is 477 g/mol. The Hall–Kier alpha value is -3.64. The average Bonchev–Trinajstić information content (AvgIpc) is 3.14. The summed E-state index contributed by atoms with van der Waals surface area (Å²) >= 11 is 6.29. The van der Waals surface area contributed by atoms with E-state index in [1.54, 1.807) is 30.3 Å². The highest BCUT2D eigenvalue weighted by molar-refractivity contribution is 6.34. The van der Waals surface area contributed by atoms with E-state index in [1.807, 2.05) is 49.7 Å². The van der Waals surface area contributed by atoms with Gasteiger partial charge in [-0.05, 0) is 71.8 Å². The molecule has 0 radical (unpaired) electrons. The van der Waals surface area contributed by atoms with Gasteiger partial charge < -0.3 is 15.2 Å². The highest BCUT2D eigenvalue weighted by Gasteiger charge is 2.14. The van der Waals surface area contributed by atoms with Crippen molar-refractivity contribution in [2.24, 2.45) is 13.0 Å². The number of anilines is 1. The van der Waals surface area contributed by atoms with Crippen molar-refractivity contribution in [3.05, 3.63) is 88.7 Å². The summed E-state index contributed by atoms with van der Waals surface area (Å²) in [5.74, 6) is -0.794. The normalized spacial score (nSPS) is 11.1. The van der Waals surface area contributed by atoms with Crippen molar-refractivity contribution in [3.8, 4) is 11.3 Å². The number of rotatable bonds is 6. The molecule has 0 unspecified atom stereocenters. The van der Waals surface area contributed by atoms with Gasteiger partial charge in [-0.2, -0.15) is 0 Å². The number of hydrogen-bond acceptors (Lipinski definition) is 2. The van der Waals surface area contributed by atoms with E-state index in [1.165, 1.54) is 12.1 Å². The predicted octanol–water partition coefficient (Wildman–Crippen LogP) is 6.16. The second kappa shape index (κ2) is 9.69. The summed E-state index contributed by atoms with van der Waals surface area (Å²) in [4.78, 5) is 24.8. The molecule has 1 heterocycles. The Morgan fingerprint density at radius 3 is 2.44 bits per heavy atom. The largest absolute Gasteiger partial charge is 0.352 e. The van der Waals surface area contributed by atoms with Crippen LogP contribution in [0, 0.1) is 11.7 Å². The van der Waals surface area contributed by atoms with E-state index in [4.69, 9.17) is 11.6 Å². The fourth-order valence-corrected chi connectivity index (χ4v) is 3.98. The molecule has 0 fully saturated rings. The van der Waals surface area contributed by atoms with Crippen LogP contribution >= 0.6 is 11.6 Å². The van der Waals surface area contributed by atoms with Gasteiger partial charge in [0, 0.05) is 41.8 Å². The lowest BCUT2D eigenvalue weighted by Gasteiger charge is -2.11. The molecular weight excluding hydrogens is 453 g/mol. The van der Waals surface area contributed by atoms with Crippen LogP contribution in [0.5, 0.6) is 0 Å². The lowest BCUT2D eigenvalue weighted by atomic mass is 10.1. The maximum Gasteiger partial charge on any atom is 0.257 e. The van der Waals surface area contributed by atoms with Crippen LogP contribution in [0.25, 0.3) is 22.2 Å². The van der Waals surface area contributed by atoms with Gasteiger partial charge in [0.05, 0.1) is 10.6 Å². The SMILES string of the molecule is CC(C)C(=O)NCc1ccc(Cl)c(C(=O)Nc2ccc3c(c2)cc(-c2ccc(F)cc2)n3C)c1. The van der Waals surface area contributed by atoms with Crippen LogP contribution in [0.3, 0.4) is 0 Å². The molecule has 0 aliphatic carbocycles. The lowest BCUT2D eigenvalue weighted by molar-refractivity contribution is -0.124. The topological polar surface area (TPSA) is 63.1 Å². The van der Waals surface area contributed by atoms with E-state index in [9.17, 15) is 14.0 Å². The van der Waals surface area contributed by atoms with E-state index < -0.39 is 0 Å². The maximum atomic E-state index is 13.3. The number of hydrogen-bond donors (Lipinski definition) is 2. The molecule has 4 aromatic rings. The number of carbonyl (C=O) groups is 2. The number of fused-ring (bicyclic) bond motifs is 1. The van der Waals surface area contributed by atoms with Gasteiger partial charge in [-0.15, -0.1) is 0 Å². The first-order valence-electron chi connectivity index (χ1n) is 11.0. The minimum atomic E-state index is -0.337. The molecular formula is C27H25ClFN3O2. The molecule has 0 atom stereocenters. The summed E-state index contributed by atoms with van der Waals surface area (Å²) < 4.78 is 15.3. The number of halogens is 2. The number of carbonyl (C=O) groups excluding carboxylic acids is 2. The van der Waals surface area contributed by atoms with Crippen molar-refractivity contribution >= 4 is 40.0 Å². The van der Waals surface area contributed by atoms with Gasteiger partial charge in [-0.25, -0.2) is 4.39 Å². The van der Waals surface area contributed by atoms with Crippen LogP contribution < -0.4 is 10.6 Å². The number of aryl methyl sites for hydroxylation is 1. The zero-order valence-corrected chi connectivity index (χ0v) is 19.9. The second-order valence-electron chi connectivity index (χ2n) is 8.51. The third kappa shape index (κ3) is 4.97. The summed E-state index contributed by atoms with van der Waals surface area (Å²) in [6, 6.07) is 19.1. The van der Waals surface area contributed by atoms with Gasteiger partial charge in [0.15, 0.2) is 0 Å². The fourth-order valence-electron chi connectivity index (χ4n) is 3.77.